The van der Waals surface area contributed by atoms with Gasteiger partial charge in [0.2, 0.25) is 0 Å². The van der Waals surface area contributed by atoms with Crippen molar-refractivity contribution in [3.8, 4) is 67.5 Å². The van der Waals surface area contributed by atoms with Crippen LogP contribution in [0.15, 0.2) is 210 Å². The fourth-order valence-electron chi connectivity index (χ4n) is 8.67. The SMILES string of the molecule is c1ccc(-c2cccc(-c3nc(-c4ccccc4)nc(-c4ccc(-c5ccc6c(c5)Sc5ccccc5C65c6ccccc6-c6ccccc65)cc4)n3)c2)cc1. The fourth-order valence-corrected chi connectivity index (χ4v) is 9.90. The number of fused-ring (bicyclic) bond motifs is 9. The highest BCUT2D eigenvalue weighted by molar-refractivity contribution is 7.99. The highest BCUT2D eigenvalue weighted by Gasteiger charge is 2.50. The molecule has 1 spiro atoms. The molecule has 0 amide bonds. The summed E-state index contributed by atoms with van der Waals surface area (Å²) in [4.78, 5) is 17.7. The van der Waals surface area contributed by atoms with Crippen molar-refractivity contribution in [3.05, 3.63) is 222 Å². The van der Waals surface area contributed by atoms with E-state index in [0.717, 1.165) is 33.4 Å². The van der Waals surface area contributed by atoms with Crippen LogP contribution >= 0.6 is 11.8 Å². The second kappa shape index (κ2) is 13.2. The van der Waals surface area contributed by atoms with Crippen LogP contribution in [0.2, 0.25) is 0 Å². The maximum atomic E-state index is 5.07. The van der Waals surface area contributed by atoms with Gasteiger partial charge in [0.1, 0.15) is 0 Å². The summed E-state index contributed by atoms with van der Waals surface area (Å²) < 4.78 is 0. The first kappa shape index (κ1) is 32.5. The van der Waals surface area contributed by atoms with Gasteiger partial charge in [-0.2, -0.15) is 0 Å². The summed E-state index contributed by atoms with van der Waals surface area (Å²) in [6, 6.07) is 71.5. The number of benzene rings is 8. The molecule has 1 aliphatic carbocycles. The third kappa shape index (κ3) is 5.18. The molecule has 0 saturated carbocycles. The number of rotatable bonds is 5. The van der Waals surface area contributed by atoms with Crippen molar-refractivity contribution < 1.29 is 0 Å². The summed E-state index contributed by atoms with van der Waals surface area (Å²) in [5.41, 5.74) is 15.1. The van der Waals surface area contributed by atoms with Gasteiger partial charge in [-0.15, -0.1) is 0 Å². The Balaban J connectivity index is 0.998. The molecule has 0 unspecified atom stereocenters. The maximum Gasteiger partial charge on any atom is 0.164 e. The lowest BCUT2D eigenvalue weighted by Crippen LogP contribution is -2.31. The van der Waals surface area contributed by atoms with E-state index in [1.807, 2.05) is 48.2 Å². The summed E-state index contributed by atoms with van der Waals surface area (Å²) in [6.45, 7) is 0. The van der Waals surface area contributed by atoms with Gasteiger partial charge in [0.05, 0.1) is 5.41 Å². The molecular weight excluding hydrogens is 699 g/mol. The average Bonchev–Trinajstić information content (AvgIpc) is 3.57. The zero-order valence-corrected chi connectivity index (χ0v) is 31.1. The first-order valence-electron chi connectivity index (χ1n) is 18.9. The minimum absolute atomic E-state index is 0.375. The van der Waals surface area contributed by atoms with E-state index in [9.17, 15) is 0 Å². The predicted octanol–water partition coefficient (Wildman–Crippen LogP) is 13.0. The third-order valence-corrected chi connectivity index (χ3v) is 12.4. The highest BCUT2D eigenvalue weighted by atomic mass is 32.2. The van der Waals surface area contributed by atoms with Gasteiger partial charge in [-0.25, -0.2) is 15.0 Å². The van der Waals surface area contributed by atoms with Crippen LogP contribution in [0.3, 0.4) is 0 Å². The Bertz CT molecular complexity index is 2890. The van der Waals surface area contributed by atoms with E-state index in [0.29, 0.717) is 17.5 Å². The second-order valence-corrected chi connectivity index (χ2v) is 15.4. The van der Waals surface area contributed by atoms with Crippen molar-refractivity contribution in [2.75, 3.05) is 0 Å². The molecule has 2 heterocycles. The van der Waals surface area contributed by atoms with Crippen LogP contribution in [-0.2, 0) is 5.41 Å². The number of hydrogen-bond donors (Lipinski definition) is 0. The molecule has 8 aromatic carbocycles. The Hall–Kier alpha value is -6.88. The predicted molar refractivity (Wildman–Crippen MR) is 228 cm³/mol. The number of nitrogens with zero attached hydrogens (tertiary/aromatic N) is 3. The molecule has 11 rings (SSSR count). The van der Waals surface area contributed by atoms with E-state index < -0.39 is 0 Å². The van der Waals surface area contributed by atoms with Crippen molar-refractivity contribution in [2.45, 2.75) is 15.2 Å². The number of aromatic nitrogens is 3. The van der Waals surface area contributed by atoms with Crippen LogP contribution in [0, 0.1) is 0 Å². The minimum Gasteiger partial charge on any atom is -0.208 e. The Morgan fingerprint density at radius 3 is 1.39 bits per heavy atom. The van der Waals surface area contributed by atoms with Crippen LogP contribution in [-0.4, -0.2) is 15.0 Å². The Morgan fingerprint density at radius 1 is 0.286 bits per heavy atom. The maximum absolute atomic E-state index is 5.07. The summed E-state index contributed by atoms with van der Waals surface area (Å²) in [7, 11) is 0. The lowest BCUT2D eigenvalue weighted by molar-refractivity contribution is 0.722. The van der Waals surface area contributed by atoms with Crippen molar-refractivity contribution >= 4 is 11.8 Å². The fraction of sp³-hybridized carbons (Fsp3) is 0.0192. The molecule has 2 aliphatic rings. The number of hydrogen-bond acceptors (Lipinski definition) is 4. The first-order chi connectivity index (χ1) is 27.7. The van der Waals surface area contributed by atoms with E-state index in [4.69, 9.17) is 15.0 Å². The van der Waals surface area contributed by atoms with Crippen LogP contribution < -0.4 is 0 Å². The largest absolute Gasteiger partial charge is 0.208 e. The van der Waals surface area contributed by atoms with Gasteiger partial charge in [0, 0.05) is 26.5 Å². The molecule has 1 aromatic heterocycles. The topological polar surface area (TPSA) is 38.7 Å². The van der Waals surface area contributed by atoms with Crippen LogP contribution in [0.4, 0.5) is 0 Å². The molecule has 9 aromatic rings. The molecule has 56 heavy (non-hydrogen) atoms. The molecule has 0 radical (unpaired) electrons. The van der Waals surface area contributed by atoms with E-state index in [1.54, 1.807) is 0 Å². The molecule has 4 heteroatoms. The van der Waals surface area contributed by atoms with Crippen molar-refractivity contribution in [1.29, 1.82) is 0 Å². The van der Waals surface area contributed by atoms with Gasteiger partial charge in [-0.05, 0) is 73.8 Å². The zero-order valence-electron chi connectivity index (χ0n) is 30.3. The Labute approximate surface area is 330 Å². The van der Waals surface area contributed by atoms with Gasteiger partial charge < -0.3 is 0 Å². The summed E-state index contributed by atoms with van der Waals surface area (Å²) in [5, 5.41) is 0. The lowest BCUT2D eigenvalue weighted by Gasteiger charge is -2.39. The molecule has 1 aliphatic heterocycles. The van der Waals surface area contributed by atoms with E-state index >= 15 is 0 Å². The van der Waals surface area contributed by atoms with Crippen molar-refractivity contribution in [1.82, 2.24) is 15.0 Å². The standard InChI is InChI=1S/C52H33N3S/c1-3-14-34(15-4-1)38-18-13-19-40(32-38)51-54-49(36-16-5-2-6-17-36)53-50(55-51)37-28-26-35(27-29-37)39-30-31-46-48(33-39)56-47-25-12-11-24-45(47)52(46)43-22-9-7-20-41(43)42-21-8-10-23-44(42)52/h1-33H. The quantitative estimate of drug-likeness (QED) is 0.177. The Morgan fingerprint density at radius 2 is 0.714 bits per heavy atom. The highest BCUT2D eigenvalue weighted by Crippen LogP contribution is 2.62. The van der Waals surface area contributed by atoms with Gasteiger partial charge in [-0.3, -0.25) is 0 Å². The van der Waals surface area contributed by atoms with Crippen LogP contribution in [0.25, 0.3) is 67.5 Å². The molecule has 0 bridgehead atoms. The summed E-state index contributed by atoms with van der Waals surface area (Å²) in [6.07, 6.45) is 0. The van der Waals surface area contributed by atoms with Gasteiger partial charge in [-0.1, -0.05) is 194 Å². The Kier molecular flexibility index (Phi) is 7.64. The molecular formula is C52H33N3S. The van der Waals surface area contributed by atoms with Gasteiger partial charge in [0.15, 0.2) is 17.5 Å². The van der Waals surface area contributed by atoms with Crippen LogP contribution in [0.5, 0.6) is 0 Å². The van der Waals surface area contributed by atoms with Crippen molar-refractivity contribution in [2.24, 2.45) is 0 Å². The summed E-state index contributed by atoms with van der Waals surface area (Å²) >= 11 is 1.87. The molecule has 0 saturated heterocycles. The van der Waals surface area contributed by atoms with E-state index in [2.05, 4.69) is 164 Å². The lowest BCUT2D eigenvalue weighted by atomic mass is 9.67. The van der Waals surface area contributed by atoms with E-state index in [1.165, 1.54) is 48.7 Å². The third-order valence-electron chi connectivity index (χ3n) is 11.2. The zero-order chi connectivity index (χ0) is 37.1. The van der Waals surface area contributed by atoms with Gasteiger partial charge >= 0.3 is 0 Å². The normalized spacial score (nSPS) is 13.1. The molecule has 0 N–H and O–H groups in total. The minimum atomic E-state index is -0.375. The first-order valence-corrected chi connectivity index (χ1v) is 19.8. The van der Waals surface area contributed by atoms with Gasteiger partial charge in [0.25, 0.3) is 0 Å². The monoisotopic (exact) mass is 731 g/mol. The average molecular weight is 732 g/mol. The second-order valence-electron chi connectivity index (χ2n) is 14.3. The molecule has 3 nitrogen and oxygen atoms in total. The molecule has 262 valence electrons. The smallest absolute Gasteiger partial charge is 0.164 e. The van der Waals surface area contributed by atoms with E-state index in [-0.39, 0.29) is 5.41 Å². The summed E-state index contributed by atoms with van der Waals surface area (Å²) in [5.74, 6) is 1.94. The molecule has 0 atom stereocenters. The van der Waals surface area contributed by atoms with Crippen molar-refractivity contribution in [3.63, 3.8) is 0 Å². The van der Waals surface area contributed by atoms with Crippen LogP contribution in [0.1, 0.15) is 22.3 Å². The molecule has 0 fully saturated rings.